The Morgan fingerprint density at radius 2 is 2.36 bits per heavy atom. The van der Waals surface area contributed by atoms with E-state index in [1.165, 1.54) is 0 Å². The van der Waals surface area contributed by atoms with Gasteiger partial charge in [-0.2, -0.15) is 0 Å². The largest absolute Gasteiger partial charge is 0.459 e. The van der Waals surface area contributed by atoms with Crippen LogP contribution in [-0.4, -0.2) is 9.55 Å². The normalized spacial score (nSPS) is 12.9. The zero-order chi connectivity index (χ0) is 9.54. The van der Waals surface area contributed by atoms with Crippen LogP contribution in [0.2, 0.25) is 0 Å². The number of nitrogen functional groups attached to an aromatic ring is 1. The molecule has 0 atom stereocenters. The standard InChI is InChI=1S/C10H9N3O/c11-8-1-2-9-7(5-8)6-14-10-12-3-4-13(9)10/h1-5H,6,11H2. The topological polar surface area (TPSA) is 53.1 Å². The number of hydrogen-bond donors (Lipinski definition) is 1. The van der Waals surface area contributed by atoms with Gasteiger partial charge in [-0.15, -0.1) is 0 Å². The van der Waals surface area contributed by atoms with Gasteiger partial charge in [0.05, 0.1) is 5.69 Å². The number of nitrogens with two attached hydrogens (primary N) is 1. The Balaban J connectivity index is 2.26. The molecule has 0 spiro atoms. The molecule has 0 bridgehead atoms. The number of imidazole rings is 1. The van der Waals surface area contributed by atoms with Gasteiger partial charge in [0.2, 0.25) is 0 Å². The molecule has 0 fully saturated rings. The van der Waals surface area contributed by atoms with Crippen LogP contribution in [0.4, 0.5) is 5.69 Å². The lowest BCUT2D eigenvalue weighted by atomic mass is 10.1. The Labute approximate surface area is 80.9 Å². The van der Waals surface area contributed by atoms with Crippen molar-refractivity contribution >= 4 is 5.69 Å². The number of aromatic nitrogens is 2. The predicted octanol–water partition coefficient (Wildman–Crippen LogP) is 1.35. The number of rotatable bonds is 0. The minimum absolute atomic E-state index is 0.539. The minimum Gasteiger partial charge on any atom is -0.459 e. The van der Waals surface area contributed by atoms with Crippen LogP contribution in [0.25, 0.3) is 5.69 Å². The number of benzene rings is 1. The summed E-state index contributed by atoms with van der Waals surface area (Å²) in [5, 5.41) is 0. The number of ether oxygens (including phenoxy) is 1. The Morgan fingerprint density at radius 1 is 1.43 bits per heavy atom. The van der Waals surface area contributed by atoms with Crippen molar-refractivity contribution in [2.45, 2.75) is 6.61 Å². The Morgan fingerprint density at radius 3 is 3.29 bits per heavy atom. The van der Waals surface area contributed by atoms with Gasteiger partial charge in [0.25, 0.3) is 0 Å². The summed E-state index contributed by atoms with van der Waals surface area (Å²) in [6.45, 7) is 0.539. The van der Waals surface area contributed by atoms with E-state index in [-0.39, 0.29) is 0 Å². The highest BCUT2D eigenvalue weighted by Gasteiger charge is 2.16. The zero-order valence-corrected chi connectivity index (χ0v) is 7.47. The van der Waals surface area contributed by atoms with Gasteiger partial charge in [-0.3, -0.25) is 4.57 Å². The molecule has 0 unspecified atom stereocenters. The highest BCUT2D eigenvalue weighted by atomic mass is 16.5. The Kier molecular flexibility index (Phi) is 1.33. The summed E-state index contributed by atoms with van der Waals surface area (Å²) < 4.78 is 7.36. The first-order valence-electron chi connectivity index (χ1n) is 4.39. The van der Waals surface area contributed by atoms with E-state index < -0.39 is 0 Å². The van der Waals surface area contributed by atoms with Crippen LogP contribution in [0.3, 0.4) is 0 Å². The molecule has 0 aliphatic carbocycles. The number of nitrogens with zero attached hydrogens (tertiary/aromatic N) is 2. The van der Waals surface area contributed by atoms with Crippen LogP contribution in [0, 0.1) is 0 Å². The Bertz CT molecular complexity index is 490. The van der Waals surface area contributed by atoms with E-state index >= 15 is 0 Å². The van der Waals surface area contributed by atoms with Crippen molar-refractivity contribution in [3.05, 3.63) is 36.2 Å². The monoisotopic (exact) mass is 187 g/mol. The first kappa shape index (κ1) is 7.44. The molecule has 1 aliphatic heterocycles. The third-order valence-electron chi connectivity index (χ3n) is 2.33. The molecule has 1 aliphatic rings. The lowest BCUT2D eigenvalue weighted by Crippen LogP contribution is -2.12. The molecular formula is C10H9N3O. The fourth-order valence-electron chi connectivity index (χ4n) is 1.68. The quantitative estimate of drug-likeness (QED) is 0.633. The predicted molar refractivity (Wildman–Crippen MR) is 52.3 cm³/mol. The summed E-state index contributed by atoms with van der Waals surface area (Å²) in [7, 11) is 0. The van der Waals surface area contributed by atoms with E-state index in [1.54, 1.807) is 6.20 Å². The number of hydrogen-bond acceptors (Lipinski definition) is 3. The van der Waals surface area contributed by atoms with Gasteiger partial charge in [-0.05, 0) is 18.2 Å². The van der Waals surface area contributed by atoms with Gasteiger partial charge < -0.3 is 10.5 Å². The number of fused-ring (bicyclic) bond motifs is 3. The van der Waals surface area contributed by atoms with Crippen molar-refractivity contribution in [1.29, 1.82) is 0 Å². The average molecular weight is 187 g/mol. The van der Waals surface area contributed by atoms with Gasteiger partial charge in [0, 0.05) is 23.6 Å². The third kappa shape index (κ3) is 0.907. The van der Waals surface area contributed by atoms with Crippen molar-refractivity contribution < 1.29 is 4.74 Å². The summed E-state index contributed by atoms with van der Waals surface area (Å²) in [5.41, 5.74) is 8.65. The molecule has 70 valence electrons. The van der Waals surface area contributed by atoms with Gasteiger partial charge in [-0.1, -0.05) is 0 Å². The Hall–Kier alpha value is -1.97. The highest BCUT2D eigenvalue weighted by molar-refractivity contribution is 5.53. The fraction of sp³-hybridized carbons (Fsp3) is 0.100. The molecule has 0 saturated heterocycles. The second-order valence-corrected chi connectivity index (χ2v) is 3.26. The highest BCUT2D eigenvalue weighted by Crippen LogP contribution is 2.27. The molecule has 2 N–H and O–H groups in total. The van der Waals surface area contributed by atoms with Crippen molar-refractivity contribution in [3.63, 3.8) is 0 Å². The summed E-state index contributed by atoms with van der Waals surface area (Å²) in [4.78, 5) is 4.09. The van der Waals surface area contributed by atoms with E-state index in [9.17, 15) is 0 Å². The van der Waals surface area contributed by atoms with Gasteiger partial charge in [0.1, 0.15) is 6.61 Å². The number of anilines is 1. The lowest BCUT2D eigenvalue weighted by Gasteiger charge is -2.18. The van der Waals surface area contributed by atoms with E-state index in [1.807, 2.05) is 29.0 Å². The van der Waals surface area contributed by atoms with Crippen LogP contribution >= 0.6 is 0 Å². The van der Waals surface area contributed by atoms with Crippen molar-refractivity contribution in [3.8, 4) is 11.7 Å². The molecule has 1 aromatic carbocycles. The molecule has 2 aromatic rings. The SMILES string of the molecule is Nc1ccc2c(c1)COc1nccn1-2. The smallest absolute Gasteiger partial charge is 0.301 e. The molecule has 0 amide bonds. The second kappa shape index (κ2) is 2.51. The van der Waals surface area contributed by atoms with Crippen LogP contribution in [0.1, 0.15) is 5.56 Å². The maximum atomic E-state index is 5.70. The van der Waals surface area contributed by atoms with E-state index in [0.29, 0.717) is 12.6 Å². The van der Waals surface area contributed by atoms with Crippen molar-refractivity contribution in [2.24, 2.45) is 0 Å². The van der Waals surface area contributed by atoms with Crippen LogP contribution in [0.5, 0.6) is 6.01 Å². The first-order valence-corrected chi connectivity index (χ1v) is 4.39. The molecule has 4 nitrogen and oxygen atoms in total. The second-order valence-electron chi connectivity index (χ2n) is 3.26. The molecule has 2 heterocycles. The first-order chi connectivity index (χ1) is 6.84. The van der Waals surface area contributed by atoms with Gasteiger partial charge >= 0.3 is 6.01 Å². The summed E-state index contributed by atoms with van der Waals surface area (Å²) in [5.74, 6) is 0. The fourth-order valence-corrected chi connectivity index (χ4v) is 1.68. The molecule has 0 radical (unpaired) electrons. The molecule has 0 saturated carbocycles. The summed E-state index contributed by atoms with van der Waals surface area (Å²) in [6, 6.07) is 6.44. The molecule has 3 rings (SSSR count). The average Bonchev–Trinajstić information content (AvgIpc) is 2.65. The van der Waals surface area contributed by atoms with E-state index in [4.69, 9.17) is 10.5 Å². The lowest BCUT2D eigenvalue weighted by molar-refractivity contribution is 0.264. The molecule has 14 heavy (non-hydrogen) atoms. The van der Waals surface area contributed by atoms with Gasteiger partial charge in [-0.25, -0.2) is 4.98 Å². The maximum absolute atomic E-state index is 5.70. The van der Waals surface area contributed by atoms with E-state index in [2.05, 4.69) is 4.98 Å². The molecule has 1 aromatic heterocycles. The third-order valence-corrected chi connectivity index (χ3v) is 2.33. The maximum Gasteiger partial charge on any atom is 0.301 e. The summed E-state index contributed by atoms with van der Waals surface area (Å²) in [6.07, 6.45) is 3.60. The molecular weight excluding hydrogens is 178 g/mol. The minimum atomic E-state index is 0.539. The van der Waals surface area contributed by atoms with Crippen LogP contribution in [-0.2, 0) is 6.61 Å². The van der Waals surface area contributed by atoms with Crippen LogP contribution in [0.15, 0.2) is 30.6 Å². The van der Waals surface area contributed by atoms with Crippen LogP contribution < -0.4 is 10.5 Å². The summed E-state index contributed by atoms with van der Waals surface area (Å²) >= 11 is 0. The van der Waals surface area contributed by atoms with E-state index in [0.717, 1.165) is 16.9 Å². The molecule has 4 heteroatoms. The van der Waals surface area contributed by atoms with Crippen molar-refractivity contribution in [1.82, 2.24) is 9.55 Å². The van der Waals surface area contributed by atoms with Gasteiger partial charge in [0.15, 0.2) is 0 Å². The zero-order valence-electron chi connectivity index (χ0n) is 7.47. The van der Waals surface area contributed by atoms with Crippen molar-refractivity contribution in [2.75, 3.05) is 5.73 Å².